The lowest BCUT2D eigenvalue weighted by molar-refractivity contribution is -0.133. The summed E-state index contributed by atoms with van der Waals surface area (Å²) in [5.74, 6) is 1.12. The van der Waals surface area contributed by atoms with Crippen LogP contribution in [-0.2, 0) is 4.79 Å². The molecule has 0 spiro atoms. The Morgan fingerprint density at radius 2 is 2.12 bits per heavy atom. The summed E-state index contributed by atoms with van der Waals surface area (Å²) >= 11 is 5.89. The van der Waals surface area contributed by atoms with E-state index in [1.807, 2.05) is 12.1 Å². The van der Waals surface area contributed by atoms with E-state index in [2.05, 4.69) is 10.1 Å². The van der Waals surface area contributed by atoms with Gasteiger partial charge in [0.15, 0.2) is 0 Å². The lowest BCUT2D eigenvalue weighted by Gasteiger charge is -2.32. The third-order valence-corrected chi connectivity index (χ3v) is 4.27. The highest BCUT2D eigenvalue weighted by molar-refractivity contribution is 6.30. The molecule has 1 fully saturated rings. The molecular formula is C16H20Cl2N4O2. The van der Waals surface area contributed by atoms with E-state index >= 15 is 0 Å². The maximum atomic E-state index is 12.1. The first kappa shape index (κ1) is 18.7. The van der Waals surface area contributed by atoms with E-state index in [9.17, 15) is 4.79 Å². The fourth-order valence-electron chi connectivity index (χ4n) is 2.78. The average Bonchev–Trinajstić information content (AvgIpc) is 3.05. The van der Waals surface area contributed by atoms with Gasteiger partial charge >= 0.3 is 0 Å². The van der Waals surface area contributed by atoms with Crippen LogP contribution in [0.2, 0.25) is 5.02 Å². The van der Waals surface area contributed by atoms with Crippen LogP contribution in [0.25, 0.3) is 11.4 Å². The van der Waals surface area contributed by atoms with Crippen LogP contribution < -0.4 is 5.73 Å². The normalized spacial score (nSPS) is 18.8. The number of hydrogen-bond acceptors (Lipinski definition) is 5. The van der Waals surface area contributed by atoms with Crippen LogP contribution in [0.3, 0.4) is 0 Å². The van der Waals surface area contributed by atoms with Crippen molar-refractivity contribution in [2.75, 3.05) is 13.1 Å². The van der Waals surface area contributed by atoms with Gasteiger partial charge in [-0.15, -0.1) is 12.4 Å². The van der Waals surface area contributed by atoms with Crippen LogP contribution >= 0.6 is 24.0 Å². The van der Waals surface area contributed by atoms with Crippen LogP contribution in [0.5, 0.6) is 0 Å². The van der Waals surface area contributed by atoms with Gasteiger partial charge in [-0.3, -0.25) is 4.79 Å². The third kappa shape index (κ3) is 4.06. The zero-order chi connectivity index (χ0) is 16.4. The van der Waals surface area contributed by atoms with E-state index in [0.717, 1.165) is 24.9 Å². The first-order valence-corrected chi connectivity index (χ1v) is 8.06. The van der Waals surface area contributed by atoms with E-state index in [4.69, 9.17) is 21.9 Å². The highest BCUT2D eigenvalue weighted by Gasteiger charge is 2.29. The third-order valence-electron chi connectivity index (χ3n) is 4.02. The molecule has 6 nitrogen and oxygen atoms in total. The lowest BCUT2D eigenvalue weighted by atomic mass is 9.97. The van der Waals surface area contributed by atoms with Crippen molar-refractivity contribution >= 4 is 29.9 Å². The van der Waals surface area contributed by atoms with Gasteiger partial charge in [0.1, 0.15) is 0 Å². The van der Waals surface area contributed by atoms with Crippen molar-refractivity contribution in [3.63, 3.8) is 0 Å². The number of carbonyl (C=O) groups is 1. The number of benzene rings is 1. The number of nitrogens with zero attached hydrogens (tertiary/aromatic N) is 3. The predicted molar refractivity (Wildman–Crippen MR) is 94.2 cm³/mol. The van der Waals surface area contributed by atoms with Crippen molar-refractivity contribution in [1.29, 1.82) is 0 Å². The minimum atomic E-state index is -0.485. The number of hydrogen-bond donors (Lipinski definition) is 1. The molecule has 0 radical (unpaired) electrons. The number of amides is 1. The van der Waals surface area contributed by atoms with Gasteiger partial charge < -0.3 is 15.2 Å². The molecule has 130 valence electrons. The molecule has 2 N–H and O–H groups in total. The first-order chi connectivity index (χ1) is 11.0. The molecule has 1 saturated heterocycles. The molecule has 2 aromatic rings. The quantitative estimate of drug-likeness (QED) is 0.897. The Morgan fingerprint density at radius 3 is 2.79 bits per heavy atom. The zero-order valence-electron chi connectivity index (χ0n) is 13.3. The highest BCUT2D eigenvalue weighted by Crippen LogP contribution is 2.28. The average molecular weight is 371 g/mol. The molecule has 1 amide bonds. The standard InChI is InChI=1S/C16H19ClN4O2.ClH/c1-10(18)16(22)21-8-2-3-12(9-21)15-19-14(20-23-15)11-4-6-13(17)7-5-11;/h4-7,10,12H,2-3,8-9,18H2,1H3;1H/t10-,12?;/m1./s1. The van der Waals surface area contributed by atoms with Crippen LogP contribution in [0.15, 0.2) is 28.8 Å². The summed E-state index contributed by atoms with van der Waals surface area (Å²) in [6.07, 6.45) is 1.83. The van der Waals surface area contributed by atoms with Gasteiger partial charge in [-0.05, 0) is 44.0 Å². The number of nitrogens with two attached hydrogens (primary N) is 1. The van der Waals surface area contributed by atoms with Crippen LogP contribution in [0.1, 0.15) is 31.6 Å². The molecule has 24 heavy (non-hydrogen) atoms. The first-order valence-electron chi connectivity index (χ1n) is 7.68. The maximum Gasteiger partial charge on any atom is 0.239 e. The number of carbonyl (C=O) groups excluding carboxylic acids is 1. The molecule has 1 aliphatic heterocycles. The summed E-state index contributed by atoms with van der Waals surface area (Å²) in [5, 5.41) is 4.70. The number of rotatable bonds is 3. The topological polar surface area (TPSA) is 85.3 Å². The highest BCUT2D eigenvalue weighted by atomic mass is 35.5. The maximum absolute atomic E-state index is 12.1. The molecule has 0 aliphatic carbocycles. The monoisotopic (exact) mass is 370 g/mol. The van der Waals surface area contributed by atoms with E-state index in [1.165, 1.54) is 0 Å². The lowest BCUT2D eigenvalue weighted by Crippen LogP contribution is -2.46. The molecule has 8 heteroatoms. The second-order valence-corrected chi connectivity index (χ2v) is 6.31. The van der Waals surface area contributed by atoms with Crippen molar-refractivity contribution < 1.29 is 9.32 Å². The van der Waals surface area contributed by atoms with E-state index in [-0.39, 0.29) is 24.2 Å². The van der Waals surface area contributed by atoms with E-state index in [0.29, 0.717) is 23.3 Å². The second-order valence-electron chi connectivity index (χ2n) is 5.88. The molecular weight excluding hydrogens is 351 g/mol. The van der Waals surface area contributed by atoms with Gasteiger partial charge in [0.25, 0.3) is 0 Å². The largest absolute Gasteiger partial charge is 0.341 e. The number of piperidine rings is 1. The summed E-state index contributed by atoms with van der Waals surface area (Å²) in [7, 11) is 0. The van der Waals surface area contributed by atoms with Crippen molar-refractivity contribution in [3.05, 3.63) is 35.2 Å². The molecule has 1 unspecified atom stereocenters. The second kappa shape index (κ2) is 7.96. The van der Waals surface area contributed by atoms with Gasteiger partial charge in [-0.2, -0.15) is 4.98 Å². The molecule has 2 atom stereocenters. The van der Waals surface area contributed by atoms with E-state index in [1.54, 1.807) is 24.0 Å². The number of likely N-dealkylation sites (tertiary alicyclic amines) is 1. The minimum Gasteiger partial charge on any atom is -0.341 e. The molecule has 2 heterocycles. The van der Waals surface area contributed by atoms with Crippen molar-refractivity contribution in [2.45, 2.75) is 31.7 Å². The molecule has 1 aromatic carbocycles. The van der Waals surface area contributed by atoms with Gasteiger partial charge in [0.2, 0.25) is 17.6 Å². The smallest absolute Gasteiger partial charge is 0.239 e. The summed E-state index contributed by atoms with van der Waals surface area (Å²) in [6.45, 7) is 3.01. The predicted octanol–water partition coefficient (Wildman–Crippen LogP) is 2.87. The molecule has 1 aromatic heterocycles. The van der Waals surface area contributed by atoms with Crippen molar-refractivity contribution in [2.24, 2.45) is 5.73 Å². The SMILES string of the molecule is C[C@@H](N)C(=O)N1CCCC(c2nc(-c3ccc(Cl)cc3)no2)C1.Cl. The minimum absolute atomic E-state index is 0. The Kier molecular flexibility index (Phi) is 6.21. The van der Waals surface area contributed by atoms with Gasteiger partial charge in [-0.1, -0.05) is 16.8 Å². The summed E-state index contributed by atoms with van der Waals surface area (Å²) in [6, 6.07) is 6.79. The Labute approximate surface area is 151 Å². The number of halogens is 2. The number of aromatic nitrogens is 2. The fourth-order valence-corrected chi connectivity index (χ4v) is 2.91. The Balaban J connectivity index is 0.00000208. The fraction of sp³-hybridized carbons (Fsp3) is 0.438. The summed E-state index contributed by atoms with van der Waals surface area (Å²) < 4.78 is 5.41. The molecule has 1 aliphatic rings. The van der Waals surface area contributed by atoms with Crippen LogP contribution in [-0.4, -0.2) is 40.1 Å². The zero-order valence-corrected chi connectivity index (χ0v) is 14.9. The van der Waals surface area contributed by atoms with Gasteiger partial charge in [-0.25, -0.2) is 0 Å². The van der Waals surface area contributed by atoms with Crippen molar-refractivity contribution in [3.8, 4) is 11.4 Å². The molecule has 0 saturated carbocycles. The Morgan fingerprint density at radius 1 is 1.42 bits per heavy atom. The van der Waals surface area contributed by atoms with Crippen molar-refractivity contribution in [1.82, 2.24) is 15.0 Å². The van der Waals surface area contributed by atoms with Gasteiger partial charge in [0.05, 0.1) is 12.0 Å². The van der Waals surface area contributed by atoms with Crippen LogP contribution in [0.4, 0.5) is 0 Å². The Hall–Kier alpha value is -1.63. The van der Waals surface area contributed by atoms with Crippen LogP contribution in [0, 0.1) is 0 Å². The van der Waals surface area contributed by atoms with E-state index < -0.39 is 6.04 Å². The molecule has 3 rings (SSSR count). The van der Waals surface area contributed by atoms with Gasteiger partial charge in [0, 0.05) is 23.7 Å². The summed E-state index contributed by atoms with van der Waals surface area (Å²) in [4.78, 5) is 18.3. The molecule has 0 bridgehead atoms. The Bertz CT molecular complexity index is 688. The summed E-state index contributed by atoms with van der Waals surface area (Å²) in [5.41, 5.74) is 6.54.